The van der Waals surface area contributed by atoms with Crippen LogP contribution in [-0.4, -0.2) is 29.1 Å². The summed E-state index contributed by atoms with van der Waals surface area (Å²) in [5, 5.41) is 17.5. The van der Waals surface area contributed by atoms with Gasteiger partial charge in [-0.25, -0.2) is 4.39 Å². The van der Waals surface area contributed by atoms with E-state index < -0.39 is 11.8 Å². The molecule has 0 fully saturated rings. The third kappa shape index (κ3) is 4.00. The highest BCUT2D eigenvalue weighted by Crippen LogP contribution is 2.12. The van der Waals surface area contributed by atoms with Gasteiger partial charge in [0.15, 0.2) is 0 Å². The van der Waals surface area contributed by atoms with Gasteiger partial charge in [0.1, 0.15) is 5.82 Å². The number of hydrogen-bond donors (Lipinski definition) is 1. The minimum Gasteiger partial charge on any atom is -0.480 e. The maximum atomic E-state index is 13.5. The first-order chi connectivity index (χ1) is 8.56. The van der Waals surface area contributed by atoms with Gasteiger partial charge in [-0.05, 0) is 18.2 Å². The number of hydrogen-bond acceptors (Lipinski definition) is 3. The van der Waals surface area contributed by atoms with Crippen LogP contribution in [0.4, 0.5) is 4.39 Å². The monoisotopic (exact) mass is 248 g/mol. The number of halogens is 1. The molecule has 0 radical (unpaired) electrons. The highest BCUT2D eigenvalue weighted by Gasteiger charge is 2.12. The summed E-state index contributed by atoms with van der Waals surface area (Å²) in [6.45, 7) is 3.78. The van der Waals surface area contributed by atoms with Crippen LogP contribution in [0.2, 0.25) is 0 Å². The summed E-state index contributed by atoms with van der Waals surface area (Å²) in [5.74, 6) is -1.44. The first-order valence-corrected chi connectivity index (χ1v) is 5.30. The molecule has 5 heteroatoms. The highest BCUT2D eigenvalue weighted by atomic mass is 19.1. The van der Waals surface area contributed by atoms with Gasteiger partial charge in [0.25, 0.3) is 0 Å². The number of aliphatic carboxylic acids is 1. The normalized spacial score (nSPS) is 10.1. The maximum absolute atomic E-state index is 13.5. The topological polar surface area (TPSA) is 64.3 Å². The standard InChI is InChI=1S/C13H13FN2O2/c1-2-5-16(9-13(17)18)8-11-6-10(7-15)3-4-12(11)14/h2-4,6H,1,5,8-9H2,(H,17,18). The van der Waals surface area contributed by atoms with Crippen LogP contribution in [0.15, 0.2) is 30.9 Å². The molecule has 0 spiro atoms. The predicted molar refractivity (Wildman–Crippen MR) is 64.2 cm³/mol. The molecule has 0 atom stereocenters. The molecule has 1 rings (SSSR count). The fourth-order valence-corrected chi connectivity index (χ4v) is 1.57. The van der Waals surface area contributed by atoms with E-state index in [1.165, 1.54) is 23.1 Å². The zero-order valence-electron chi connectivity index (χ0n) is 9.77. The van der Waals surface area contributed by atoms with Gasteiger partial charge in [-0.15, -0.1) is 6.58 Å². The van der Waals surface area contributed by atoms with Crippen LogP contribution in [0.25, 0.3) is 0 Å². The summed E-state index contributed by atoms with van der Waals surface area (Å²) in [5.41, 5.74) is 0.650. The van der Waals surface area contributed by atoms with Crippen molar-refractivity contribution in [1.82, 2.24) is 4.90 Å². The summed E-state index contributed by atoms with van der Waals surface area (Å²) in [4.78, 5) is 12.2. The van der Waals surface area contributed by atoms with E-state index >= 15 is 0 Å². The van der Waals surface area contributed by atoms with Gasteiger partial charge < -0.3 is 5.11 Å². The molecule has 0 saturated carbocycles. The minimum absolute atomic E-state index is 0.125. The molecule has 1 aromatic rings. The van der Waals surface area contributed by atoms with Crippen molar-refractivity contribution in [2.24, 2.45) is 0 Å². The molecule has 94 valence electrons. The molecule has 0 saturated heterocycles. The van der Waals surface area contributed by atoms with Gasteiger partial charge >= 0.3 is 5.97 Å². The summed E-state index contributed by atoms with van der Waals surface area (Å²) in [7, 11) is 0. The van der Waals surface area contributed by atoms with E-state index in [-0.39, 0.29) is 13.1 Å². The molecule has 0 aliphatic rings. The second kappa shape index (κ2) is 6.52. The van der Waals surface area contributed by atoms with E-state index in [0.29, 0.717) is 17.7 Å². The quantitative estimate of drug-likeness (QED) is 0.779. The summed E-state index contributed by atoms with van der Waals surface area (Å²) < 4.78 is 13.5. The number of carboxylic acids is 1. The molecular weight excluding hydrogens is 235 g/mol. The van der Waals surface area contributed by atoms with Crippen molar-refractivity contribution in [2.45, 2.75) is 6.54 Å². The van der Waals surface area contributed by atoms with Crippen molar-refractivity contribution in [1.29, 1.82) is 5.26 Å². The number of nitriles is 1. The number of carbonyl (C=O) groups is 1. The van der Waals surface area contributed by atoms with Crippen molar-refractivity contribution >= 4 is 5.97 Å². The lowest BCUT2D eigenvalue weighted by molar-refractivity contribution is -0.138. The molecule has 1 N–H and O–H groups in total. The number of nitrogens with zero attached hydrogens (tertiary/aromatic N) is 2. The molecule has 0 amide bonds. The van der Waals surface area contributed by atoms with Crippen LogP contribution in [0.1, 0.15) is 11.1 Å². The molecule has 0 aliphatic heterocycles. The van der Waals surface area contributed by atoms with E-state index in [2.05, 4.69) is 6.58 Å². The van der Waals surface area contributed by atoms with Crippen molar-refractivity contribution in [2.75, 3.05) is 13.1 Å². The average Bonchev–Trinajstić information content (AvgIpc) is 2.31. The van der Waals surface area contributed by atoms with Crippen LogP contribution in [-0.2, 0) is 11.3 Å². The summed E-state index contributed by atoms with van der Waals surface area (Å²) in [6.07, 6.45) is 1.55. The van der Waals surface area contributed by atoms with Gasteiger partial charge in [0, 0.05) is 18.7 Å². The number of rotatable bonds is 6. The molecule has 4 nitrogen and oxygen atoms in total. The fraction of sp³-hybridized carbons (Fsp3) is 0.231. The second-order valence-corrected chi connectivity index (χ2v) is 3.77. The van der Waals surface area contributed by atoms with Gasteiger partial charge in [-0.2, -0.15) is 5.26 Å². The second-order valence-electron chi connectivity index (χ2n) is 3.77. The Morgan fingerprint density at radius 1 is 1.61 bits per heavy atom. The van der Waals surface area contributed by atoms with Crippen molar-refractivity contribution in [3.05, 3.63) is 47.8 Å². The lowest BCUT2D eigenvalue weighted by atomic mass is 10.1. The molecule has 0 bridgehead atoms. The van der Waals surface area contributed by atoms with Crippen molar-refractivity contribution in [3.63, 3.8) is 0 Å². The molecule has 0 aromatic heterocycles. The first-order valence-electron chi connectivity index (χ1n) is 5.30. The van der Waals surface area contributed by atoms with Crippen molar-refractivity contribution < 1.29 is 14.3 Å². The van der Waals surface area contributed by atoms with Gasteiger partial charge in [0.2, 0.25) is 0 Å². The van der Waals surface area contributed by atoms with Crippen molar-refractivity contribution in [3.8, 4) is 6.07 Å². The van der Waals surface area contributed by atoms with Crippen LogP contribution in [0.5, 0.6) is 0 Å². The van der Waals surface area contributed by atoms with Gasteiger partial charge in [-0.3, -0.25) is 9.69 Å². The van der Waals surface area contributed by atoms with E-state index in [1.807, 2.05) is 6.07 Å². The first kappa shape index (κ1) is 13.9. The smallest absolute Gasteiger partial charge is 0.317 e. The Labute approximate surface area is 105 Å². The summed E-state index contributed by atoms with van der Waals surface area (Å²) in [6, 6.07) is 5.93. The third-order valence-corrected chi connectivity index (χ3v) is 2.31. The Balaban J connectivity index is 2.88. The molecule has 1 aromatic carbocycles. The highest BCUT2D eigenvalue weighted by molar-refractivity contribution is 5.69. The molecule has 0 unspecified atom stereocenters. The van der Waals surface area contributed by atoms with Crippen LogP contribution in [0, 0.1) is 17.1 Å². The Kier molecular flexibility index (Phi) is 5.03. The van der Waals surface area contributed by atoms with E-state index in [9.17, 15) is 9.18 Å². The zero-order chi connectivity index (χ0) is 13.5. The van der Waals surface area contributed by atoms with Gasteiger partial charge in [0.05, 0.1) is 18.2 Å². The Morgan fingerprint density at radius 2 is 2.33 bits per heavy atom. The van der Waals surface area contributed by atoms with Gasteiger partial charge in [-0.1, -0.05) is 6.08 Å². The number of carboxylic acid groups (broad SMARTS) is 1. The molecule has 0 aliphatic carbocycles. The lowest BCUT2D eigenvalue weighted by Gasteiger charge is -2.18. The van der Waals surface area contributed by atoms with E-state index in [1.54, 1.807) is 6.08 Å². The van der Waals surface area contributed by atoms with Crippen LogP contribution >= 0.6 is 0 Å². The minimum atomic E-state index is -0.992. The third-order valence-electron chi connectivity index (χ3n) is 2.31. The molecule has 18 heavy (non-hydrogen) atoms. The number of benzene rings is 1. The van der Waals surface area contributed by atoms with E-state index in [4.69, 9.17) is 10.4 Å². The molecular formula is C13H13FN2O2. The Bertz CT molecular complexity index is 494. The Morgan fingerprint density at radius 3 is 2.89 bits per heavy atom. The predicted octanol–water partition coefficient (Wildman–Crippen LogP) is 1.77. The lowest BCUT2D eigenvalue weighted by Crippen LogP contribution is -2.29. The Hall–Kier alpha value is -2.19. The molecule has 0 heterocycles. The fourth-order valence-electron chi connectivity index (χ4n) is 1.57. The van der Waals surface area contributed by atoms with E-state index in [0.717, 1.165) is 0 Å². The zero-order valence-corrected chi connectivity index (χ0v) is 9.77. The van der Waals surface area contributed by atoms with Crippen LogP contribution < -0.4 is 0 Å². The largest absolute Gasteiger partial charge is 0.480 e. The van der Waals surface area contributed by atoms with Crippen LogP contribution in [0.3, 0.4) is 0 Å². The summed E-state index contributed by atoms with van der Waals surface area (Å²) >= 11 is 0. The maximum Gasteiger partial charge on any atom is 0.317 e. The SMILES string of the molecule is C=CCN(CC(=O)O)Cc1cc(C#N)ccc1F. The average molecular weight is 248 g/mol.